The normalized spacial score (nSPS) is 11.8. The molecule has 3 heterocycles. The number of furan rings is 1. The maximum absolute atomic E-state index is 6.35. The van der Waals surface area contributed by atoms with Crippen molar-refractivity contribution in [2.75, 3.05) is 0 Å². The fourth-order valence-electron chi connectivity index (χ4n) is 7.61. The van der Waals surface area contributed by atoms with Crippen LogP contribution in [0.5, 0.6) is 0 Å². The van der Waals surface area contributed by atoms with Crippen molar-refractivity contribution >= 4 is 75.0 Å². The van der Waals surface area contributed by atoms with E-state index in [4.69, 9.17) is 19.4 Å². The van der Waals surface area contributed by atoms with Crippen LogP contribution in [0, 0.1) is 0 Å². The second-order valence-corrected chi connectivity index (χ2v) is 14.3. The first-order valence-corrected chi connectivity index (χ1v) is 18.2. The average Bonchev–Trinajstić information content (AvgIpc) is 3.79. The molecule has 11 rings (SSSR count). The lowest BCUT2D eigenvalue weighted by molar-refractivity contribution is 0.669. The van der Waals surface area contributed by atoms with Crippen LogP contribution in [-0.2, 0) is 0 Å². The van der Waals surface area contributed by atoms with Crippen molar-refractivity contribution in [1.29, 1.82) is 0 Å². The van der Waals surface area contributed by atoms with Crippen molar-refractivity contribution in [1.82, 2.24) is 15.0 Å². The van der Waals surface area contributed by atoms with Gasteiger partial charge < -0.3 is 4.42 Å². The summed E-state index contributed by atoms with van der Waals surface area (Å²) >= 11 is 1.80. The molecule has 0 fully saturated rings. The van der Waals surface area contributed by atoms with Gasteiger partial charge in [0.25, 0.3) is 0 Å². The van der Waals surface area contributed by atoms with Crippen LogP contribution in [0.2, 0.25) is 0 Å². The van der Waals surface area contributed by atoms with E-state index in [-0.39, 0.29) is 0 Å². The topological polar surface area (TPSA) is 51.8 Å². The van der Waals surface area contributed by atoms with Gasteiger partial charge in [-0.1, -0.05) is 115 Å². The number of hydrogen-bond donors (Lipinski definition) is 0. The average molecular weight is 682 g/mol. The molecule has 0 aliphatic carbocycles. The summed E-state index contributed by atoms with van der Waals surface area (Å²) in [4.78, 5) is 15.6. The Bertz CT molecular complexity index is 3200. The second kappa shape index (κ2) is 11.4. The first kappa shape index (κ1) is 29.1. The Kier molecular flexibility index (Phi) is 6.39. The molecule has 0 atom stereocenters. The molecule has 0 bridgehead atoms. The molecule has 8 aromatic carbocycles. The molecule has 5 heteroatoms. The number of fused-ring (bicyclic) bond motifs is 9. The van der Waals surface area contributed by atoms with Crippen LogP contribution in [0.15, 0.2) is 168 Å². The largest absolute Gasteiger partial charge is 0.456 e. The Balaban J connectivity index is 1.17. The summed E-state index contributed by atoms with van der Waals surface area (Å²) in [6.07, 6.45) is 0. The van der Waals surface area contributed by atoms with Gasteiger partial charge in [0.15, 0.2) is 17.5 Å². The van der Waals surface area contributed by atoms with E-state index in [1.54, 1.807) is 11.3 Å². The predicted octanol–water partition coefficient (Wildman–Crippen LogP) is 13.1. The van der Waals surface area contributed by atoms with Crippen molar-refractivity contribution in [2.24, 2.45) is 0 Å². The molecule has 0 unspecified atom stereocenters. The Hall–Kier alpha value is -6.69. The lowest BCUT2D eigenvalue weighted by atomic mass is 9.97. The minimum absolute atomic E-state index is 0.613. The third kappa shape index (κ3) is 4.64. The van der Waals surface area contributed by atoms with Crippen molar-refractivity contribution < 1.29 is 4.42 Å². The van der Waals surface area contributed by atoms with Crippen LogP contribution in [0.4, 0.5) is 0 Å². The molecule has 0 amide bonds. The van der Waals surface area contributed by atoms with E-state index in [0.29, 0.717) is 17.5 Å². The number of hydrogen-bond acceptors (Lipinski definition) is 5. The maximum atomic E-state index is 6.35. The smallest absolute Gasteiger partial charge is 0.164 e. The Morgan fingerprint density at radius 2 is 1.00 bits per heavy atom. The van der Waals surface area contributed by atoms with E-state index < -0.39 is 0 Å². The van der Waals surface area contributed by atoms with E-state index in [0.717, 1.165) is 60.5 Å². The summed E-state index contributed by atoms with van der Waals surface area (Å²) in [5.41, 5.74) is 6.82. The Morgan fingerprint density at radius 1 is 0.365 bits per heavy atom. The first-order chi connectivity index (χ1) is 25.7. The molecule has 52 heavy (non-hydrogen) atoms. The van der Waals surface area contributed by atoms with Crippen molar-refractivity contribution in [3.63, 3.8) is 0 Å². The molecule has 0 radical (unpaired) electrons. The summed E-state index contributed by atoms with van der Waals surface area (Å²) < 4.78 is 8.80. The Labute approximate surface area is 302 Å². The summed E-state index contributed by atoms with van der Waals surface area (Å²) in [6.45, 7) is 0. The van der Waals surface area contributed by atoms with Crippen LogP contribution in [0.3, 0.4) is 0 Å². The van der Waals surface area contributed by atoms with E-state index in [9.17, 15) is 0 Å². The summed E-state index contributed by atoms with van der Waals surface area (Å²) in [6, 6.07) is 57.4. The zero-order chi connectivity index (χ0) is 34.2. The molecule has 242 valence electrons. The Morgan fingerprint density at radius 3 is 1.85 bits per heavy atom. The highest BCUT2D eigenvalue weighted by atomic mass is 32.1. The van der Waals surface area contributed by atoms with Gasteiger partial charge in [0.1, 0.15) is 11.2 Å². The predicted molar refractivity (Wildman–Crippen MR) is 217 cm³/mol. The van der Waals surface area contributed by atoms with Crippen LogP contribution in [0.25, 0.3) is 109 Å². The lowest BCUT2D eigenvalue weighted by Crippen LogP contribution is -2.00. The summed E-state index contributed by atoms with van der Waals surface area (Å²) in [5.74, 6) is 1.88. The van der Waals surface area contributed by atoms with Gasteiger partial charge in [0.05, 0.1) is 0 Å². The number of nitrogens with zero attached hydrogens (tertiary/aromatic N) is 3. The van der Waals surface area contributed by atoms with Gasteiger partial charge in [-0.15, -0.1) is 11.3 Å². The van der Waals surface area contributed by atoms with Crippen LogP contribution >= 0.6 is 11.3 Å². The molecule has 0 saturated heterocycles. The fourth-order valence-corrected chi connectivity index (χ4v) is 8.78. The molecule has 0 aliphatic heterocycles. The van der Waals surface area contributed by atoms with Crippen LogP contribution in [0.1, 0.15) is 0 Å². The number of rotatable bonds is 4. The third-order valence-electron chi connectivity index (χ3n) is 10.1. The molecule has 0 spiro atoms. The molecular formula is C47H27N3OS. The van der Waals surface area contributed by atoms with Crippen molar-refractivity contribution in [3.8, 4) is 45.3 Å². The summed E-state index contributed by atoms with van der Waals surface area (Å²) in [7, 11) is 0. The maximum Gasteiger partial charge on any atom is 0.164 e. The molecule has 4 nitrogen and oxygen atoms in total. The second-order valence-electron chi connectivity index (χ2n) is 13.2. The number of thiophene rings is 1. The van der Waals surface area contributed by atoms with E-state index >= 15 is 0 Å². The fraction of sp³-hybridized carbons (Fsp3) is 0. The minimum Gasteiger partial charge on any atom is -0.456 e. The van der Waals surface area contributed by atoms with Gasteiger partial charge in [-0.2, -0.15) is 0 Å². The number of aromatic nitrogens is 3. The van der Waals surface area contributed by atoms with Gasteiger partial charge >= 0.3 is 0 Å². The number of benzene rings is 8. The monoisotopic (exact) mass is 681 g/mol. The highest BCUT2D eigenvalue weighted by Gasteiger charge is 2.19. The van der Waals surface area contributed by atoms with Gasteiger partial charge in [-0.05, 0) is 81.2 Å². The lowest BCUT2D eigenvalue weighted by Gasteiger charge is -2.12. The quantitative estimate of drug-likeness (QED) is 0.185. The minimum atomic E-state index is 0.613. The van der Waals surface area contributed by atoms with Gasteiger partial charge in [-0.3, -0.25) is 0 Å². The van der Waals surface area contributed by atoms with E-state index in [1.807, 2.05) is 6.07 Å². The van der Waals surface area contributed by atoms with Crippen molar-refractivity contribution in [2.45, 2.75) is 0 Å². The SMILES string of the molecule is c1ccc(-c2cc(-c3nc(-c4ccc5ccccc5c4)nc(-c4ccc5oc6ccc7ccccc7c6c5c4)n3)cc3sc4ccccc4c23)cc1. The van der Waals surface area contributed by atoms with E-state index in [1.165, 1.54) is 30.9 Å². The van der Waals surface area contributed by atoms with Gasteiger partial charge in [0.2, 0.25) is 0 Å². The van der Waals surface area contributed by atoms with Crippen LogP contribution < -0.4 is 0 Å². The zero-order valence-electron chi connectivity index (χ0n) is 27.7. The zero-order valence-corrected chi connectivity index (χ0v) is 28.6. The third-order valence-corrected chi connectivity index (χ3v) is 11.2. The summed E-state index contributed by atoms with van der Waals surface area (Å²) in [5, 5.41) is 9.30. The molecular weight excluding hydrogens is 655 g/mol. The van der Waals surface area contributed by atoms with Gasteiger partial charge in [0, 0.05) is 47.6 Å². The van der Waals surface area contributed by atoms with E-state index in [2.05, 4.69) is 158 Å². The molecule has 0 aliphatic rings. The molecule has 0 N–H and O–H groups in total. The molecule has 3 aromatic heterocycles. The standard InChI is InChI=1S/C47H27N3OS/c1-2-11-29(12-3-1)37-26-34(27-42-44(37)36-16-8-9-17-41(36)52-42)47-49-45(32-19-18-28-10-4-5-14-31(28)24-32)48-46(50-47)33-21-22-39-38(25-33)43-35-15-7-6-13-30(35)20-23-40(43)51-39/h1-27H. The first-order valence-electron chi connectivity index (χ1n) is 17.3. The molecule has 0 saturated carbocycles. The molecule has 11 aromatic rings. The van der Waals surface area contributed by atoms with Gasteiger partial charge in [-0.25, -0.2) is 15.0 Å². The van der Waals surface area contributed by atoms with Crippen molar-refractivity contribution in [3.05, 3.63) is 164 Å². The highest BCUT2D eigenvalue weighted by molar-refractivity contribution is 7.26. The highest BCUT2D eigenvalue weighted by Crippen LogP contribution is 2.43. The van der Waals surface area contributed by atoms with Crippen LogP contribution in [-0.4, -0.2) is 15.0 Å².